The topological polar surface area (TPSA) is 29.3 Å². The second-order valence-corrected chi connectivity index (χ2v) is 6.06. The molecule has 0 saturated carbocycles. The molecule has 2 N–H and O–H groups in total. The van der Waals surface area contributed by atoms with E-state index in [2.05, 4.69) is 64.0 Å². The summed E-state index contributed by atoms with van der Waals surface area (Å²) >= 11 is 0. The molecule has 0 aliphatic heterocycles. The molecule has 0 spiro atoms. The van der Waals surface area contributed by atoms with E-state index in [9.17, 15) is 0 Å². The Labute approximate surface area is 112 Å². The Morgan fingerprint density at radius 3 is 2.00 bits per heavy atom. The van der Waals surface area contributed by atoms with Crippen LogP contribution in [0.3, 0.4) is 0 Å². The number of rotatable bonds is 6. The van der Waals surface area contributed by atoms with Crippen molar-refractivity contribution in [2.24, 2.45) is 17.6 Å². The van der Waals surface area contributed by atoms with Crippen LogP contribution in [-0.4, -0.2) is 14.1 Å². The van der Waals surface area contributed by atoms with Gasteiger partial charge in [0.2, 0.25) is 0 Å². The first-order valence-corrected chi connectivity index (χ1v) is 6.93. The summed E-state index contributed by atoms with van der Waals surface area (Å²) in [7, 11) is 4.11. The summed E-state index contributed by atoms with van der Waals surface area (Å²) in [6, 6.07) is 8.75. The minimum absolute atomic E-state index is 0.162. The second-order valence-electron chi connectivity index (χ2n) is 6.06. The Morgan fingerprint density at radius 2 is 1.56 bits per heavy atom. The summed E-state index contributed by atoms with van der Waals surface area (Å²) in [6.07, 6.45) is 2.32. The molecule has 0 amide bonds. The van der Waals surface area contributed by atoms with E-state index in [-0.39, 0.29) is 6.04 Å². The summed E-state index contributed by atoms with van der Waals surface area (Å²) in [4.78, 5) is 2.11. The third kappa shape index (κ3) is 4.69. The number of nitrogens with two attached hydrogens (primary N) is 1. The maximum atomic E-state index is 6.28. The smallest absolute Gasteiger partial charge is 0.0361 e. The lowest BCUT2D eigenvalue weighted by atomic mass is 9.90. The minimum atomic E-state index is 0.162. The van der Waals surface area contributed by atoms with Crippen LogP contribution in [0.4, 0.5) is 5.69 Å². The summed E-state index contributed by atoms with van der Waals surface area (Å²) in [5, 5.41) is 0. The van der Waals surface area contributed by atoms with Crippen LogP contribution in [0.5, 0.6) is 0 Å². The van der Waals surface area contributed by atoms with E-state index in [1.165, 1.54) is 17.7 Å². The lowest BCUT2D eigenvalue weighted by molar-refractivity contribution is 0.387. The maximum absolute atomic E-state index is 6.28. The first kappa shape index (κ1) is 15.0. The predicted octanol–water partition coefficient (Wildman–Crippen LogP) is 3.82. The normalized spacial score (nSPS) is 14.6. The quantitative estimate of drug-likeness (QED) is 0.829. The molecule has 1 rings (SSSR count). The Bertz CT molecular complexity index is 341. The van der Waals surface area contributed by atoms with Crippen LogP contribution in [0.15, 0.2) is 24.3 Å². The molecule has 1 aromatic rings. The van der Waals surface area contributed by atoms with Crippen LogP contribution < -0.4 is 10.6 Å². The average molecular weight is 248 g/mol. The zero-order valence-electron chi connectivity index (χ0n) is 12.5. The third-order valence-corrected chi connectivity index (χ3v) is 3.37. The lowest BCUT2D eigenvalue weighted by Gasteiger charge is -2.20. The fourth-order valence-electron chi connectivity index (χ4n) is 2.49. The van der Waals surface area contributed by atoms with E-state index >= 15 is 0 Å². The second kappa shape index (κ2) is 6.79. The SMILES string of the molecule is CC(C)CC(C)CC(N)c1ccc(N(C)C)cc1. The molecule has 0 fully saturated rings. The molecule has 0 heterocycles. The van der Waals surface area contributed by atoms with Crippen molar-refractivity contribution in [2.45, 2.75) is 39.7 Å². The number of hydrogen-bond donors (Lipinski definition) is 1. The van der Waals surface area contributed by atoms with Crippen molar-refractivity contribution in [3.8, 4) is 0 Å². The van der Waals surface area contributed by atoms with E-state index in [1.54, 1.807) is 0 Å². The monoisotopic (exact) mass is 248 g/mol. The van der Waals surface area contributed by atoms with E-state index in [0.29, 0.717) is 5.92 Å². The van der Waals surface area contributed by atoms with Gasteiger partial charge in [-0.15, -0.1) is 0 Å². The van der Waals surface area contributed by atoms with Crippen LogP contribution >= 0.6 is 0 Å². The van der Waals surface area contributed by atoms with Crippen LogP contribution in [0.2, 0.25) is 0 Å². The Hall–Kier alpha value is -1.02. The number of benzene rings is 1. The van der Waals surface area contributed by atoms with Crippen molar-refractivity contribution in [3.63, 3.8) is 0 Å². The molecule has 0 radical (unpaired) electrons. The van der Waals surface area contributed by atoms with Gasteiger partial charge in [0.25, 0.3) is 0 Å². The molecular weight excluding hydrogens is 220 g/mol. The molecule has 1 aromatic carbocycles. The Kier molecular flexibility index (Phi) is 5.67. The van der Waals surface area contributed by atoms with Gasteiger partial charge in [0, 0.05) is 25.8 Å². The average Bonchev–Trinajstić information content (AvgIpc) is 2.27. The molecule has 0 bridgehead atoms. The number of nitrogens with zero attached hydrogens (tertiary/aromatic N) is 1. The molecule has 0 aromatic heterocycles. The van der Waals surface area contributed by atoms with Gasteiger partial charge in [-0.2, -0.15) is 0 Å². The third-order valence-electron chi connectivity index (χ3n) is 3.37. The fourth-order valence-corrected chi connectivity index (χ4v) is 2.49. The highest BCUT2D eigenvalue weighted by molar-refractivity contribution is 5.46. The van der Waals surface area contributed by atoms with Crippen molar-refractivity contribution in [1.29, 1.82) is 0 Å². The first-order chi connectivity index (χ1) is 8.40. The summed E-state index contributed by atoms with van der Waals surface area (Å²) in [5.41, 5.74) is 8.75. The molecule has 2 heteroatoms. The zero-order valence-corrected chi connectivity index (χ0v) is 12.5. The summed E-state index contributed by atoms with van der Waals surface area (Å²) in [5.74, 6) is 1.44. The summed E-state index contributed by atoms with van der Waals surface area (Å²) < 4.78 is 0. The maximum Gasteiger partial charge on any atom is 0.0361 e. The van der Waals surface area contributed by atoms with E-state index in [4.69, 9.17) is 5.73 Å². The van der Waals surface area contributed by atoms with Crippen LogP contribution in [0.25, 0.3) is 0 Å². The van der Waals surface area contributed by atoms with Gasteiger partial charge in [-0.3, -0.25) is 0 Å². The van der Waals surface area contributed by atoms with Crippen LogP contribution in [-0.2, 0) is 0 Å². The van der Waals surface area contributed by atoms with Crippen molar-refractivity contribution in [1.82, 2.24) is 0 Å². The molecule has 0 aliphatic rings. The highest BCUT2D eigenvalue weighted by atomic mass is 15.1. The van der Waals surface area contributed by atoms with Crippen LogP contribution in [0.1, 0.15) is 45.2 Å². The van der Waals surface area contributed by atoms with E-state index < -0.39 is 0 Å². The fraction of sp³-hybridized carbons (Fsp3) is 0.625. The van der Waals surface area contributed by atoms with E-state index in [0.717, 1.165) is 12.3 Å². The minimum Gasteiger partial charge on any atom is -0.378 e. The Morgan fingerprint density at radius 1 is 1.00 bits per heavy atom. The number of hydrogen-bond acceptors (Lipinski definition) is 2. The van der Waals surface area contributed by atoms with Crippen molar-refractivity contribution in [2.75, 3.05) is 19.0 Å². The molecule has 2 unspecified atom stereocenters. The molecule has 2 nitrogen and oxygen atoms in total. The van der Waals surface area contributed by atoms with Gasteiger partial charge in [-0.1, -0.05) is 32.9 Å². The highest BCUT2D eigenvalue weighted by Crippen LogP contribution is 2.24. The van der Waals surface area contributed by atoms with Gasteiger partial charge in [0.1, 0.15) is 0 Å². The zero-order chi connectivity index (χ0) is 13.7. The Balaban J connectivity index is 2.58. The predicted molar refractivity (Wildman–Crippen MR) is 80.9 cm³/mol. The lowest BCUT2D eigenvalue weighted by Crippen LogP contribution is -2.15. The van der Waals surface area contributed by atoms with Crippen molar-refractivity contribution in [3.05, 3.63) is 29.8 Å². The van der Waals surface area contributed by atoms with Gasteiger partial charge in [0.05, 0.1) is 0 Å². The van der Waals surface area contributed by atoms with Crippen molar-refractivity contribution >= 4 is 5.69 Å². The van der Waals surface area contributed by atoms with Crippen molar-refractivity contribution < 1.29 is 0 Å². The molecule has 102 valence electrons. The largest absolute Gasteiger partial charge is 0.378 e. The molecule has 0 aliphatic carbocycles. The molecule has 0 saturated heterocycles. The molecule has 2 atom stereocenters. The first-order valence-electron chi connectivity index (χ1n) is 6.93. The standard InChI is InChI=1S/C16H28N2/c1-12(2)10-13(3)11-16(17)14-6-8-15(9-7-14)18(4)5/h6-9,12-13,16H,10-11,17H2,1-5H3. The van der Waals surface area contributed by atoms with Gasteiger partial charge in [-0.05, 0) is 42.4 Å². The van der Waals surface area contributed by atoms with Crippen LogP contribution in [0, 0.1) is 11.8 Å². The molecule has 18 heavy (non-hydrogen) atoms. The highest BCUT2D eigenvalue weighted by Gasteiger charge is 2.12. The molecular formula is C16H28N2. The summed E-state index contributed by atoms with van der Waals surface area (Å²) in [6.45, 7) is 6.84. The van der Waals surface area contributed by atoms with Gasteiger partial charge < -0.3 is 10.6 Å². The van der Waals surface area contributed by atoms with Gasteiger partial charge >= 0.3 is 0 Å². The number of anilines is 1. The van der Waals surface area contributed by atoms with Gasteiger partial charge in [-0.25, -0.2) is 0 Å². The van der Waals surface area contributed by atoms with Gasteiger partial charge in [0.15, 0.2) is 0 Å². The van der Waals surface area contributed by atoms with E-state index in [1.807, 2.05) is 0 Å².